The summed E-state index contributed by atoms with van der Waals surface area (Å²) in [5.41, 5.74) is 5.29. The molecule has 0 saturated carbocycles. The Morgan fingerprint density at radius 1 is 1.07 bits per heavy atom. The number of carbonyl (C=O) groups excluding carboxylic acids is 1. The van der Waals surface area contributed by atoms with Gasteiger partial charge in [-0.05, 0) is 66.8 Å². The van der Waals surface area contributed by atoms with Crippen LogP contribution in [0.4, 0.5) is 10.1 Å². The third-order valence-electron chi connectivity index (χ3n) is 4.77. The molecule has 27 heavy (non-hydrogen) atoms. The van der Waals surface area contributed by atoms with Gasteiger partial charge in [-0.1, -0.05) is 38.1 Å². The molecular formula is C23H25FN2O. The number of benzene rings is 2. The zero-order valence-corrected chi connectivity index (χ0v) is 16.2. The molecule has 1 N–H and O–H groups in total. The Kier molecular flexibility index (Phi) is 5.45. The molecule has 1 heterocycles. The Labute approximate surface area is 159 Å². The van der Waals surface area contributed by atoms with Gasteiger partial charge in [0.2, 0.25) is 0 Å². The summed E-state index contributed by atoms with van der Waals surface area (Å²) >= 11 is 0. The Morgan fingerprint density at radius 3 is 2.41 bits per heavy atom. The van der Waals surface area contributed by atoms with E-state index in [1.54, 1.807) is 6.07 Å². The fourth-order valence-corrected chi connectivity index (χ4v) is 3.31. The molecule has 0 saturated heterocycles. The number of nitrogens with one attached hydrogen (secondary N) is 1. The third kappa shape index (κ3) is 4.27. The van der Waals surface area contributed by atoms with Crippen molar-refractivity contribution < 1.29 is 9.18 Å². The van der Waals surface area contributed by atoms with Crippen molar-refractivity contribution in [3.05, 3.63) is 88.5 Å². The second-order valence-electron chi connectivity index (χ2n) is 7.26. The summed E-state index contributed by atoms with van der Waals surface area (Å²) in [6, 6.07) is 16.4. The normalized spacial score (nSPS) is 11.0. The Bertz CT molecular complexity index is 955. The second kappa shape index (κ2) is 7.78. The van der Waals surface area contributed by atoms with Crippen LogP contribution in [0.3, 0.4) is 0 Å². The van der Waals surface area contributed by atoms with Gasteiger partial charge in [-0.2, -0.15) is 0 Å². The fraction of sp³-hybridized carbons (Fsp3) is 0.261. The Balaban J connectivity index is 1.86. The van der Waals surface area contributed by atoms with Crippen molar-refractivity contribution in [3.63, 3.8) is 0 Å². The molecule has 1 aromatic heterocycles. The molecule has 0 spiro atoms. The van der Waals surface area contributed by atoms with Gasteiger partial charge in [-0.15, -0.1) is 0 Å². The highest BCUT2D eigenvalue weighted by Crippen LogP contribution is 2.21. The van der Waals surface area contributed by atoms with E-state index in [-0.39, 0.29) is 11.7 Å². The lowest BCUT2D eigenvalue weighted by atomic mass is 10.0. The van der Waals surface area contributed by atoms with Crippen molar-refractivity contribution in [3.8, 4) is 0 Å². The molecule has 2 aromatic carbocycles. The van der Waals surface area contributed by atoms with Crippen molar-refractivity contribution in [1.29, 1.82) is 0 Å². The highest BCUT2D eigenvalue weighted by molar-refractivity contribution is 6.04. The molecule has 0 aliphatic rings. The SMILES string of the molecule is Cc1cc(C)n(Cc2cccc(F)c2)c1C(=O)Nc1ccc(C(C)C)cc1. The monoisotopic (exact) mass is 364 g/mol. The van der Waals surface area contributed by atoms with Crippen LogP contribution in [-0.2, 0) is 6.54 Å². The Morgan fingerprint density at radius 2 is 1.78 bits per heavy atom. The predicted octanol–water partition coefficient (Wildman–Crippen LogP) is 5.67. The second-order valence-corrected chi connectivity index (χ2v) is 7.26. The lowest BCUT2D eigenvalue weighted by Crippen LogP contribution is -2.19. The first kappa shape index (κ1) is 18.9. The molecule has 3 nitrogen and oxygen atoms in total. The first-order valence-corrected chi connectivity index (χ1v) is 9.17. The molecule has 0 radical (unpaired) electrons. The third-order valence-corrected chi connectivity index (χ3v) is 4.77. The van der Waals surface area contributed by atoms with E-state index in [1.165, 1.54) is 17.7 Å². The van der Waals surface area contributed by atoms with Gasteiger partial charge in [0.25, 0.3) is 5.91 Å². The lowest BCUT2D eigenvalue weighted by Gasteiger charge is -2.14. The van der Waals surface area contributed by atoms with Crippen LogP contribution in [0, 0.1) is 19.7 Å². The first-order chi connectivity index (χ1) is 12.8. The molecule has 3 aromatic rings. The van der Waals surface area contributed by atoms with E-state index in [1.807, 2.05) is 54.8 Å². The molecule has 4 heteroatoms. The summed E-state index contributed by atoms with van der Waals surface area (Å²) in [4.78, 5) is 12.9. The maximum absolute atomic E-state index is 13.5. The van der Waals surface area contributed by atoms with E-state index in [4.69, 9.17) is 0 Å². The summed E-state index contributed by atoms with van der Waals surface area (Å²) in [7, 11) is 0. The number of carbonyl (C=O) groups is 1. The van der Waals surface area contributed by atoms with E-state index in [9.17, 15) is 9.18 Å². The van der Waals surface area contributed by atoms with Gasteiger partial charge >= 0.3 is 0 Å². The van der Waals surface area contributed by atoms with Crippen molar-refractivity contribution in [1.82, 2.24) is 4.57 Å². The van der Waals surface area contributed by atoms with E-state index >= 15 is 0 Å². The van der Waals surface area contributed by atoms with Crippen LogP contribution in [0.1, 0.15) is 52.6 Å². The Hall–Kier alpha value is -2.88. The number of aryl methyl sites for hydroxylation is 2. The highest BCUT2D eigenvalue weighted by Gasteiger charge is 2.18. The van der Waals surface area contributed by atoms with Gasteiger partial charge < -0.3 is 9.88 Å². The maximum Gasteiger partial charge on any atom is 0.272 e. The average molecular weight is 364 g/mol. The molecule has 140 valence electrons. The van der Waals surface area contributed by atoms with Gasteiger partial charge in [0, 0.05) is 17.9 Å². The van der Waals surface area contributed by atoms with Crippen molar-refractivity contribution in [2.45, 2.75) is 40.2 Å². The summed E-state index contributed by atoms with van der Waals surface area (Å²) in [5, 5.41) is 2.98. The smallest absolute Gasteiger partial charge is 0.272 e. The fourth-order valence-electron chi connectivity index (χ4n) is 3.31. The van der Waals surface area contributed by atoms with Gasteiger partial charge in [-0.25, -0.2) is 4.39 Å². The molecular weight excluding hydrogens is 339 g/mol. The molecule has 0 aliphatic carbocycles. The summed E-state index contributed by atoms with van der Waals surface area (Å²) in [6.45, 7) is 8.61. The minimum absolute atomic E-state index is 0.158. The van der Waals surface area contributed by atoms with Crippen LogP contribution < -0.4 is 5.32 Å². The number of hydrogen-bond donors (Lipinski definition) is 1. The van der Waals surface area contributed by atoms with Crippen molar-refractivity contribution in [2.24, 2.45) is 0 Å². The van der Waals surface area contributed by atoms with Crippen molar-refractivity contribution >= 4 is 11.6 Å². The molecule has 0 bridgehead atoms. The van der Waals surface area contributed by atoms with Gasteiger partial charge in [0.15, 0.2) is 0 Å². The first-order valence-electron chi connectivity index (χ1n) is 9.17. The van der Waals surface area contributed by atoms with Gasteiger partial charge in [-0.3, -0.25) is 4.79 Å². The standard InChI is InChI=1S/C23H25FN2O/c1-15(2)19-8-10-21(11-9-19)25-23(27)22-16(3)12-17(4)26(22)14-18-6-5-7-20(24)13-18/h5-13,15H,14H2,1-4H3,(H,25,27). The highest BCUT2D eigenvalue weighted by atomic mass is 19.1. The average Bonchev–Trinajstić information content (AvgIpc) is 2.89. The lowest BCUT2D eigenvalue weighted by molar-refractivity contribution is 0.101. The van der Waals surface area contributed by atoms with E-state index in [0.717, 1.165) is 22.5 Å². The minimum atomic E-state index is -0.273. The summed E-state index contributed by atoms with van der Waals surface area (Å²) in [5.74, 6) is 0.0164. The van der Waals surface area contributed by atoms with Crippen molar-refractivity contribution in [2.75, 3.05) is 5.32 Å². The minimum Gasteiger partial charge on any atom is -0.336 e. The summed E-state index contributed by atoms with van der Waals surface area (Å²) < 4.78 is 15.5. The predicted molar refractivity (Wildman–Crippen MR) is 108 cm³/mol. The van der Waals surface area contributed by atoms with E-state index < -0.39 is 0 Å². The molecule has 0 atom stereocenters. The number of amides is 1. The maximum atomic E-state index is 13.5. The van der Waals surface area contributed by atoms with Crippen LogP contribution in [0.5, 0.6) is 0 Å². The molecule has 1 amide bonds. The van der Waals surface area contributed by atoms with Crippen LogP contribution in [0.15, 0.2) is 54.6 Å². The van der Waals surface area contributed by atoms with Crippen LogP contribution in [-0.4, -0.2) is 10.5 Å². The number of rotatable bonds is 5. The molecule has 0 aliphatic heterocycles. The zero-order valence-electron chi connectivity index (χ0n) is 16.2. The molecule has 3 rings (SSSR count). The molecule has 0 fully saturated rings. The van der Waals surface area contributed by atoms with Gasteiger partial charge in [0.05, 0.1) is 0 Å². The number of hydrogen-bond acceptors (Lipinski definition) is 1. The van der Waals surface area contributed by atoms with Crippen LogP contribution in [0.2, 0.25) is 0 Å². The van der Waals surface area contributed by atoms with Gasteiger partial charge in [0.1, 0.15) is 11.5 Å². The number of nitrogens with zero attached hydrogens (tertiary/aromatic N) is 1. The number of aromatic nitrogens is 1. The van der Waals surface area contributed by atoms with E-state index in [2.05, 4.69) is 19.2 Å². The largest absolute Gasteiger partial charge is 0.336 e. The molecule has 0 unspecified atom stereocenters. The number of halogens is 1. The topological polar surface area (TPSA) is 34.0 Å². The number of anilines is 1. The quantitative estimate of drug-likeness (QED) is 0.622. The van der Waals surface area contributed by atoms with E-state index in [0.29, 0.717) is 18.2 Å². The summed E-state index contributed by atoms with van der Waals surface area (Å²) in [6.07, 6.45) is 0. The zero-order chi connectivity index (χ0) is 19.6. The van der Waals surface area contributed by atoms with Crippen LogP contribution in [0.25, 0.3) is 0 Å². The van der Waals surface area contributed by atoms with Crippen LogP contribution >= 0.6 is 0 Å².